The van der Waals surface area contributed by atoms with Gasteiger partial charge in [0.25, 0.3) is 0 Å². The molecule has 0 spiro atoms. The van der Waals surface area contributed by atoms with E-state index in [0.29, 0.717) is 19.3 Å². The van der Waals surface area contributed by atoms with Crippen LogP contribution >= 0.6 is 0 Å². The van der Waals surface area contributed by atoms with Gasteiger partial charge in [0, 0.05) is 19.3 Å². The third-order valence-electron chi connectivity index (χ3n) is 11.6. The van der Waals surface area contributed by atoms with Crippen LogP contribution < -0.4 is 0 Å². The summed E-state index contributed by atoms with van der Waals surface area (Å²) in [4.78, 5) is 37.9. The van der Waals surface area contributed by atoms with Gasteiger partial charge in [-0.2, -0.15) is 0 Å². The summed E-state index contributed by atoms with van der Waals surface area (Å²) in [6.07, 6.45) is 61.2. The lowest BCUT2D eigenvalue weighted by molar-refractivity contribution is -0.166. The predicted octanol–water partition coefficient (Wildman–Crippen LogP) is 17.5. The molecule has 0 aliphatic rings. The molecule has 0 bridgehead atoms. The highest BCUT2D eigenvalue weighted by Crippen LogP contribution is 2.16. The van der Waals surface area contributed by atoms with Crippen molar-refractivity contribution >= 4 is 17.9 Å². The van der Waals surface area contributed by atoms with Gasteiger partial charge in [0.15, 0.2) is 6.10 Å². The third-order valence-corrected chi connectivity index (χ3v) is 11.6. The van der Waals surface area contributed by atoms with Gasteiger partial charge in [0.05, 0.1) is 0 Å². The number of esters is 3. The Morgan fingerprint density at radius 3 is 0.952 bits per heavy atom. The number of carbonyl (C=O) groups excluding carboxylic acids is 3. The lowest BCUT2D eigenvalue weighted by Gasteiger charge is -2.18. The molecule has 0 radical (unpaired) electrons. The monoisotopic (exact) mass is 869 g/mol. The molecule has 1 unspecified atom stereocenters. The van der Waals surface area contributed by atoms with Crippen molar-refractivity contribution in [3.8, 4) is 0 Å². The maximum atomic E-state index is 12.7. The van der Waals surface area contributed by atoms with Crippen LogP contribution in [-0.4, -0.2) is 37.2 Å². The molecule has 360 valence electrons. The highest BCUT2D eigenvalue weighted by atomic mass is 16.6. The Kier molecular flexibility index (Phi) is 48.8. The molecule has 0 aromatic rings. The molecule has 1 atom stereocenters. The summed E-state index contributed by atoms with van der Waals surface area (Å²) in [6.45, 7) is 6.48. The van der Waals surface area contributed by atoms with Crippen LogP contribution in [0.3, 0.4) is 0 Å². The van der Waals surface area contributed by atoms with Crippen molar-refractivity contribution < 1.29 is 28.6 Å². The number of unbranched alkanes of at least 4 members (excludes halogenated alkanes) is 29. The van der Waals surface area contributed by atoms with E-state index >= 15 is 0 Å². The molecule has 0 aromatic heterocycles. The van der Waals surface area contributed by atoms with Gasteiger partial charge in [-0.05, 0) is 44.9 Å². The zero-order valence-corrected chi connectivity index (χ0v) is 41.1. The Balaban J connectivity index is 4.33. The van der Waals surface area contributed by atoms with Crippen LogP contribution in [0.4, 0.5) is 0 Å². The topological polar surface area (TPSA) is 78.9 Å². The molecule has 0 heterocycles. The second kappa shape index (κ2) is 51.0. The van der Waals surface area contributed by atoms with Crippen molar-refractivity contribution in [2.45, 2.75) is 277 Å². The smallest absolute Gasteiger partial charge is 0.306 e. The zero-order valence-electron chi connectivity index (χ0n) is 41.1. The fourth-order valence-electron chi connectivity index (χ4n) is 7.63. The van der Waals surface area contributed by atoms with Crippen LogP contribution in [0.1, 0.15) is 271 Å². The Morgan fingerprint density at radius 1 is 0.339 bits per heavy atom. The van der Waals surface area contributed by atoms with Gasteiger partial charge in [-0.15, -0.1) is 0 Å². The lowest BCUT2D eigenvalue weighted by atomic mass is 10.0. The number of ether oxygens (including phenoxy) is 3. The Hall–Kier alpha value is -2.63. The molecule has 0 fully saturated rings. The Morgan fingerprint density at radius 2 is 0.629 bits per heavy atom. The first-order chi connectivity index (χ1) is 30.5. The summed E-state index contributed by atoms with van der Waals surface area (Å²) in [5.74, 6) is -0.970. The molecule has 0 rings (SSSR count). The highest BCUT2D eigenvalue weighted by Gasteiger charge is 2.19. The van der Waals surface area contributed by atoms with Crippen molar-refractivity contribution in [2.75, 3.05) is 13.2 Å². The van der Waals surface area contributed by atoms with E-state index in [1.54, 1.807) is 0 Å². The number of hydrogen-bond acceptors (Lipinski definition) is 6. The molecule has 0 saturated heterocycles. The summed E-state index contributed by atoms with van der Waals surface area (Å²) in [5.41, 5.74) is 0. The minimum atomic E-state index is -0.805. The van der Waals surface area contributed by atoms with Gasteiger partial charge >= 0.3 is 17.9 Å². The van der Waals surface area contributed by atoms with Crippen LogP contribution in [0.15, 0.2) is 48.6 Å². The SMILES string of the molecule is CC/C=C\C/C=C\C/C=C\C/C=C\CCC(=O)OC(COC(=O)CCCCCCCCCCCCC)COC(=O)CCCCCCCCCCCCCCCCCCCCCC. The lowest BCUT2D eigenvalue weighted by Crippen LogP contribution is -2.30. The van der Waals surface area contributed by atoms with E-state index in [4.69, 9.17) is 14.2 Å². The summed E-state index contributed by atoms with van der Waals surface area (Å²) in [5, 5.41) is 0. The van der Waals surface area contributed by atoms with Gasteiger partial charge < -0.3 is 14.2 Å². The van der Waals surface area contributed by atoms with Crippen molar-refractivity contribution in [1.29, 1.82) is 0 Å². The molecule has 0 aromatic carbocycles. The van der Waals surface area contributed by atoms with Crippen LogP contribution in [0.2, 0.25) is 0 Å². The Labute approximate surface area is 384 Å². The maximum absolute atomic E-state index is 12.7. The molecule has 6 nitrogen and oxygen atoms in total. The van der Waals surface area contributed by atoms with Crippen LogP contribution in [0.25, 0.3) is 0 Å². The Bertz CT molecular complexity index is 1090. The second-order valence-corrected chi connectivity index (χ2v) is 17.8. The standard InChI is InChI=1S/C56H100O6/c1-4-7-10-13-16-19-22-24-25-26-27-28-29-30-32-34-37-40-43-46-49-55(58)61-52-53(51-60-54(57)48-45-42-39-36-33-21-18-15-12-9-6-3)62-56(59)50-47-44-41-38-35-31-23-20-17-14-11-8-5-2/h8,11,17,20,31,35,41,44,53H,4-7,9-10,12-16,18-19,21-30,32-34,36-40,42-43,45-52H2,1-3H3/b11-8-,20-17-,35-31-,44-41-. The first kappa shape index (κ1) is 59.4. The molecule has 0 aliphatic heterocycles. The third kappa shape index (κ3) is 48.4. The fourth-order valence-corrected chi connectivity index (χ4v) is 7.63. The summed E-state index contributed by atoms with van der Waals surface area (Å²) in [6, 6.07) is 0. The first-order valence-electron chi connectivity index (χ1n) is 26.6. The molecule has 0 N–H and O–H groups in total. The van der Waals surface area contributed by atoms with E-state index in [9.17, 15) is 14.4 Å². The summed E-state index contributed by atoms with van der Waals surface area (Å²) < 4.78 is 16.7. The molecule has 0 saturated carbocycles. The van der Waals surface area contributed by atoms with E-state index < -0.39 is 6.10 Å². The van der Waals surface area contributed by atoms with Crippen molar-refractivity contribution in [1.82, 2.24) is 0 Å². The quantitative estimate of drug-likeness (QED) is 0.0262. The number of hydrogen-bond donors (Lipinski definition) is 0. The second-order valence-electron chi connectivity index (χ2n) is 17.8. The minimum Gasteiger partial charge on any atom is -0.462 e. The molecule has 6 heteroatoms. The van der Waals surface area contributed by atoms with Gasteiger partial charge in [0.2, 0.25) is 0 Å². The first-order valence-corrected chi connectivity index (χ1v) is 26.6. The average Bonchev–Trinajstić information content (AvgIpc) is 3.27. The van der Waals surface area contributed by atoms with Crippen LogP contribution in [0.5, 0.6) is 0 Å². The van der Waals surface area contributed by atoms with E-state index in [-0.39, 0.29) is 37.5 Å². The maximum Gasteiger partial charge on any atom is 0.306 e. The van der Waals surface area contributed by atoms with Gasteiger partial charge in [-0.25, -0.2) is 0 Å². The number of allylic oxidation sites excluding steroid dienone is 8. The van der Waals surface area contributed by atoms with E-state index in [1.807, 2.05) is 12.2 Å². The summed E-state index contributed by atoms with van der Waals surface area (Å²) >= 11 is 0. The van der Waals surface area contributed by atoms with Crippen molar-refractivity contribution in [3.63, 3.8) is 0 Å². The van der Waals surface area contributed by atoms with Crippen molar-refractivity contribution in [3.05, 3.63) is 48.6 Å². The zero-order chi connectivity index (χ0) is 45.1. The minimum absolute atomic E-state index is 0.0978. The van der Waals surface area contributed by atoms with Crippen LogP contribution in [-0.2, 0) is 28.6 Å². The predicted molar refractivity (Wildman–Crippen MR) is 265 cm³/mol. The fraction of sp³-hybridized carbons (Fsp3) is 0.804. The van der Waals surface area contributed by atoms with Gasteiger partial charge in [-0.3, -0.25) is 14.4 Å². The molecule has 0 amide bonds. The van der Waals surface area contributed by atoms with Crippen LogP contribution in [0, 0.1) is 0 Å². The molecule has 62 heavy (non-hydrogen) atoms. The average molecular weight is 869 g/mol. The van der Waals surface area contributed by atoms with E-state index in [0.717, 1.165) is 64.2 Å². The number of rotatable bonds is 48. The van der Waals surface area contributed by atoms with E-state index in [1.165, 1.54) is 161 Å². The largest absolute Gasteiger partial charge is 0.462 e. The van der Waals surface area contributed by atoms with E-state index in [2.05, 4.69) is 57.2 Å². The summed E-state index contributed by atoms with van der Waals surface area (Å²) in [7, 11) is 0. The number of carbonyl (C=O) groups is 3. The van der Waals surface area contributed by atoms with Gasteiger partial charge in [-0.1, -0.05) is 256 Å². The van der Waals surface area contributed by atoms with Crippen molar-refractivity contribution in [2.24, 2.45) is 0 Å². The molecular weight excluding hydrogens is 769 g/mol. The molecule has 0 aliphatic carbocycles. The van der Waals surface area contributed by atoms with Gasteiger partial charge in [0.1, 0.15) is 13.2 Å². The molecular formula is C56H100O6. The normalized spacial score (nSPS) is 12.4. The highest BCUT2D eigenvalue weighted by molar-refractivity contribution is 5.71.